The van der Waals surface area contributed by atoms with Gasteiger partial charge >= 0.3 is 0 Å². The van der Waals surface area contributed by atoms with E-state index in [0.717, 1.165) is 17.9 Å². The smallest absolute Gasteiger partial charge is 0.160 e. The van der Waals surface area contributed by atoms with Crippen LogP contribution in [0.15, 0.2) is 30.4 Å². The molecule has 1 rings (SSSR count). The molecule has 0 aliphatic rings. The molecule has 0 bridgehead atoms. The Hall–Kier alpha value is -1.44. The number of rotatable bonds is 4. The van der Waals surface area contributed by atoms with Crippen molar-refractivity contribution in [2.24, 2.45) is 0 Å². The number of ether oxygens (including phenoxy) is 2. The van der Waals surface area contributed by atoms with Gasteiger partial charge in [-0.25, -0.2) is 0 Å². The molecule has 1 aromatic rings. The SMILES string of the molecule is CC=CCc1ccc(OC)c(OC)c1. The van der Waals surface area contributed by atoms with Gasteiger partial charge in [0, 0.05) is 0 Å². The van der Waals surface area contributed by atoms with Gasteiger partial charge in [0.2, 0.25) is 0 Å². The highest BCUT2D eigenvalue weighted by molar-refractivity contribution is 5.43. The van der Waals surface area contributed by atoms with Crippen LogP contribution in [0.2, 0.25) is 0 Å². The monoisotopic (exact) mass is 192 g/mol. The minimum atomic E-state index is 0.775. The summed E-state index contributed by atoms with van der Waals surface area (Å²) in [6.45, 7) is 2.01. The molecule has 0 aliphatic carbocycles. The van der Waals surface area contributed by atoms with Crippen LogP contribution < -0.4 is 9.47 Å². The van der Waals surface area contributed by atoms with Crippen molar-refractivity contribution in [3.05, 3.63) is 35.9 Å². The molecule has 0 saturated carbocycles. The highest BCUT2D eigenvalue weighted by Crippen LogP contribution is 2.27. The van der Waals surface area contributed by atoms with Crippen molar-refractivity contribution in [2.45, 2.75) is 13.3 Å². The van der Waals surface area contributed by atoms with Crippen molar-refractivity contribution in [2.75, 3.05) is 14.2 Å². The lowest BCUT2D eigenvalue weighted by Gasteiger charge is -2.08. The molecule has 0 aliphatic heterocycles. The van der Waals surface area contributed by atoms with Crippen LogP contribution in [0.5, 0.6) is 11.5 Å². The summed E-state index contributed by atoms with van der Waals surface area (Å²) in [6.07, 6.45) is 5.08. The van der Waals surface area contributed by atoms with E-state index in [9.17, 15) is 0 Å². The second kappa shape index (κ2) is 5.32. The van der Waals surface area contributed by atoms with Crippen LogP contribution in [0.1, 0.15) is 12.5 Å². The Balaban J connectivity index is 2.89. The molecular weight excluding hydrogens is 176 g/mol. The second-order valence-electron chi connectivity index (χ2n) is 2.96. The maximum Gasteiger partial charge on any atom is 0.160 e. The Morgan fingerprint density at radius 3 is 2.43 bits per heavy atom. The van der Waals surface area contributed by atoms with Crippen LogP contribution in [0.25, 0.3) is 0 Å². The topological polar surface area (TPSA) is 18.5 Å². The largest absolute Gasteiger partial charge is 0.493 e. The van der Waals surface area contributed by atoms with E-state index in [2.05, 4.69) is 6.08 Å². The van der Waals surface area contributed by atoms with Crippen LogP contribution in [0.4, 0.5) is 0 Å². The molecule has 2 nitrogen and oxygen atoms in total. The molecule has 0 spiro atoms. The number of methoxy groups -OCH3 is 2. The molecule has 0 heterocycles. The van der Waals surface area contributed by atoms with Crippen molar-refractivity contribution >= 4 is 0 Å². The summed E-state index contributed by atoms with van der Waals surface area (Å²) < 4.78 is 10.4. The highest BCUT2D eigenvalue weighted by atomic mass is 16.5. The van der Waals surface area contributed by atoms with Crippen LogP contribution in [0.3, 0.4) is 0 Å². The molecule has 0 aromatic heterocycles. The third kappa shape index (κ3) is 2.52. The van der Waals surface area contributed by atoms with Gasteiger partial charge in [-0.15, -0.1) is 0 Å². The van der Waals surface area contributed by atoms with Gasteiger partial charge in [0.1, 0.15) is 0 Å². The Bertz CT molecular complexity index is 316. The fourth-order valence-electron chi connectivity index (χ4n) is 1.26. The average molecular weight is 192 g/mol. The van der Waals surface area contributed by atoms with Crippen molar-refractivity contribution in [3.8, 4) is 11.5 Å². The zero-order valence-electron chi connectivity index (χ0n) is 8.91. The Kier molecular flexibility index (Phi) is 4.05. The van der Waals surface area contributed by atoms with E-state index in [1.807, 2.05) is 31.2 Å². The molecule has 0 fully saturated rings. The van der Waals surface area contributed by atoms with Gasteiger partial charge in [-0.2, -0.15) is 0 Å². The summed E-state index contributed by atoms with van der Waals surface area (Å²) in [5.41, 5.74) is 1.22. The summed E-state index contributed by atoms with van der Waals surface area (Å²) in [4.78, 5) is 0. The Morgan fingerprint density at radius 2 is 1.86 bits per heavy atom. The summed E-state index contributed by atoms with van der Waals surface area (Å²) in [5.74, 6) is 1.56. The molecule has 1 aromatic carbocycles. The number of hydrogen-bond donors (Lipinski definition) is 0. The molecule has 0 saturated heterocycles. The Labute approximate surface area is 85.2 Å². The molecule has 2 heteroatoms. The lowest BCUT2D eigenvalue weighted by atomic mass is 10.1. The third-order valence-corrected chi connectivity index (χ3v) is 2.04. The molecule has 14 heavy (non-hydrogen) atoms. The summed E-state index contributed by atoms with van der Waals surface area (Å²) in [7, 11) is 3.29. The van der Waals surface area contributed by atoms with Crippen molar-refractivity contribution in [1.82, 2.24) is 0 Å². The molecular formula is C12H16O2. The van der Waals surface area contributed by atoms with Gasteiger partial charge < -0.3 is 9.47 Å². The fourth-order valence-corrected chi connectivity index (χ4v) is 1.26. The normalized spacial score (nSPS) is 10.5. The lowest BCUT2D eigenvalue weighted by Crippen LogP contribution is -1.91. The van der Waals surface area contributed by atoms with E-state index in [0.29, 0.717) is 0 Å². The Morgan fingerprint density at radius 1 is 1.14 bits per heavy atom. The van der Waals surface area contributed by atoms with E-state index in [1.165, 1.54) is 5.56 Å². The van der Waals surface area contributed by atoms with Crippen molar-refractivity contribution < 1.29 is 9.47 Å². The van der Waals surface area contributed by atoms with Gasteiger partial charge in [0.05, 0.1) is 14.2 Å². The van der Waals surface area contributed by atoms with Crippen LogP contribution in [0, 0.1) is 0 Å². The molecule has 76 valence electrons. The van der Waals surface area contributed by atoms with Gasteiger partial charge in [-0.3, -0.25) is 0 Å². The first-order valence-electron chi connectivity index (χ1n) is 4.64. The van der Waals surface area contributed by atoms with E-state index in [1.54, 1.807) is 14.2 Å². The summed E-state index contributed by atoms with van der Waals surface area (Å²) >= 11 is 0. The predicted molar refractivity (Wildman–Crippen MR) is 58.1 cm³/mol. The fraction of sp³-hybridized carbons (Fsp3) is 0.333. The van der Waals surface area contributed by atoms with Crippen LogP contribution in [-0.2, 0) is 6.42 Å². The summed E-state index contributed by atoms with van der Waals surface area (Å²) in [5, 5.41) is 0. The van der Waals surface area contributed by atoms with Crippen molar-refractivity contribution in [1.29, 1.82) is 0 Å². The summed E-state index contributed by atoms with van der Waals surface area (Å²) in [6, 6.07) is 5.97. The zero-order valence-corrected chi connectivity index (χ0v) is 8.91. The predicted octanol–water partition coefficient (Wildman–Crippen LogP) is 2.82. The molecule has 0 unspecified atom stereocenters. The van der Waals surface area contributed by atoms with E-state index in [4.69, 9.17) is 9.47 Å². The van der Waals surface area contributed by atoms with Crippen molar-refractivity contribution in [3.63, 3.8) is 0 Å². The molecule has 0 radical (unpaired) electrons. The highest BCUT2D eigenvalue weighted by Gasteiger charge is 2.02. The second-order valence-corrected chi connectivity index (χ2v) is 2.96. The van der Waals surface area contributed by atoms with Gasteiger partial charge in [-0.1, -0.05) is 18.2 Å². The number of allylic oxidation sites excluding steroid dienone is 2. The zero-order chi connectivity index (χ0) is 10.4. The standard InChI is InChI=1S/C12H16O2/c1-4-5-6-10-7-8-11(13-2)12(9-10)14-3/h4-5,7-9H,6H2,1-3H3. The first-order valence-corrected chi connectivity index (χ1v) is 4.64. The molecule has 0 N–H and O–H groups in total. The minimum absolute atomic E-state index is 0.775. The van der Waals surface area contributed by atoms with E-state index < -0.39 is 0 Å². The van der Waals surface area contributed by atoms with Crippen LogP contribution >= 0.6 is 0 Å². The number of benzene rings is 1. The maximum absolute atomic E-state index is 5.21. The van der Waals surface area contributed by atoms with E-state index in [-0.39, 0.29) is 0 Å². The molecule has 0 amide bonds. The van der Waals surface area contributed by atoms with Crippen LogP contribution in [-0.4, -0.2) is 14.2 Å². The molecule has 0 atom stereocenters. The minimum Gasteiger partial charge on any atom is -0.493 e. The quantitative estimate of drug-likeness (QED) is 0.683. The average Bonchev–Trinajstić information content (AvgIpc) is 2.25. The maximum atomic E-state index is 5.21. The van der Waals surface area contributed by atoms with Gasteiger partial charge in [0.15, 0.2) is 11.5 Å². The van der Waals surface area contributed by atoms with E-state index >= 15 is 0 Å². The first kappa shape index (κ1) is 10.6. The lowest BCUT2D eigenvalue weighted by molar-refractivity contribution is 0.354. The third-order valence-electron chi connectivity index (χ3n) is 2.04. The van der Waals surface area contributed by atoms with Gasteiger partial charge in [0.25, 0.3) is 0 Å². The number of hydrogen-bond acceptors (Lipinski definition) is 2. The first-order chi connectivity index (χ1) is 6.81. The van der Waals surface area contributed by atoms with Gasteiger partial charge in [-0.05, 0) is 31.0 Å².